The minimum Gasteiger partial charge on any atom is -0.449 e. The summed E-state index contributed by atoms with van der Waals surface area (Å²) in [6.45, 7) is 8.91. The molecule has 6 nitrogen and oxygen atoms in total. The van der Waals surface area contributed by atoms with E-state index in [2.05, 4.69) is 41.2 Å². The second kappa shape index (κ2) is 5.30. The highest BCUT2D eigenvalue weighted by Gasteiger charge is 2.21. The average molecular weight is 250 g/mol. The predicted molar refractivity (Wildman–Crippen MR) is 66.1 cm³/mol. The molecule has 2 aromatic rings. The van der Waals surface area contributed by atoms with E-state index in [4.69, 9.17) is 8.94 Å². The zero-order valence-corrected chi connectivity index (χ0v) is 11.1. The molecule has 2 rings (SSSR count). The van der Waals surface area contributed by atoms with E-state index in [0.29, 0.717) is 23.3 Å². The van der Waals surface area contributed by atoms with Crippen LogP contribution in [0, 0.1) is 6.92 Å². The topological polar surface area (TPSA) is 77.0 Å². The lowest BCUT2D eigenvalue weighted by atomic mass is 10.0. The predicted octanol–water partition coefficient (Wildman–Crippen LogP) is 2.13. The van der Waals surface area contributed by atoms with Crippen LogP contribution in [0.25, 0.3) is 11.5 Å². The number of nitrogens with zero attached hydrogens (tertiary/aromatic N) is 3. The summed E-state index contributed by atoms with van der Waals surface area (Å²) in [4.78, 5) is 8.52. The Balaban J connectivity index is 2.15. The summed E-state index contributed by atoms with van der Waals surface area (Å²) in [5.74, 6) is 1.82. The molecular weight excluding hydrogens is 232 g/mol. The summed E-state index contributed by atoms with van der Waals surface area (Å²) >= 11 is 0. The summed E-state index contributed by atoms with van der Waals surface area (Å²) in [6, 6.07) is 0.280. The van der Waals surface area contributed by atoms with Gasteiger partial charge in [0.2, 0.25) is 11.7 Å². The van der Waals surface area contributed by atoms with Crippen LogP contribution in [0.15, 0.2) is 15.2 Å². The van der Waals surface area contributed by atoms with Crippen LogP contribution in [0.5, 0.6) is 0 Å². The summed E-state index contributed by atoms with van der Waals surface area (Å²) < 4.78 is 10.4. The molecule has 0 spiro atoms. The van der Waals surface area contributed by atoms with Crippen molar-refractivity contribution in [1.82, 2.24) is 20.4 Å². The molecule has 0 saturated heterocycles. The molecule has 2 aromatic heterocycles. The lowest BCUT2D eigenvalue weighted by Gasteiger charge is -2.16. The maximum Gasteiger partial charge on any atom is 0.231 e. The van der Waals surface area contributed by atoms with E-state index in [1.807, 2.05) is 0 Å². The first-order valence-electron chi connectivity index (χ1n) is 6.11. The van der Waals surface area contributed by atoms with Crippen LogP contribution in [0.2, 0.25) is 0 Å². The molecule has 6 heteroatoms. The van der Waals surface area contributed by atoms with Gasteiger partial charge in [0.25, 0.3) is 0 Å². The number of hydrogen-bond donors (Lipinski definition) is 1. The number of nitrogens with one attached hydrogen (secondary N) is 1. The van der Waals surface area contributed by atoms with Crippen molar-refractivity contribution in [1.29, 1.82) is 0 Å². The maximum absolute atomic E-state index is 5.27. The normalized spacial score (nSPS) is 14.7. The second-order valence-electron chi connectivity index (χ2n) is 4.34. The number of likely N-dealkylation sites (N-methyl/N-ethyl adjacent to an activating group) is 1. The van der Waals surface area contributed by atoms with Crippen molar-refractivity contribution in [2.75, 3.05) is 6.54 Å². The van der Waals surface area contributed by atoms with Crippen LogP contribution in [0.1, 0.15) is 38.5 Å². The Morgan fingerprint density at radius 3 is 2.72 bits per heavy atom. The minimum absolute atomic E-state index is 0.152. The fourth-order valence-electron chi connectivity index (χ4n) is 1.70. The van der Waals surface area contributed by atoms with Gasteiger partial charge in [0.1, 0.15) is 12.0 Å². The lowest BCUT2D eigenvalue weighted by Crippen LogP contribution is -2.30. The molecule has 0 fully saturated rings. The van der Waals surface area contributed by atoms with E-state index in [0.717, 1.165) is 6.54 Å². The highest BCUT2D eigenvalue weighted by Crippen LogP contribution is 2.21. The van der Waals surface area contributed by atoms with Gasteiger partial charge in [-0.25, -0.2) is 4.98 Å². The molecule has 0 aliphatic rings. The minimum atomic E-state index is 0.152. The first kappa shape index (κ1) is 12.8. The van der Waals surface area contributed by atoms with Crippen molar-refractivity contribution >= 4 is 0 Å². The SMILES string of the molecule is CCNC(C)C(C)c1nc(-c2coc(C)n2)no1. The van der Waals surface area contributed by atoms with Crippen LogP contribution >= 0.6 is 0 Å². The van der Waals surface area contributed by atoms with E-state index in [-0.39, 0.29) is 12.0 Å². The third kappa shape index (κ3) is 2.59. The lowest BCUT2D eigenvalue weighted by molar-refractivity contribution is 0.332. The van der Waals surface area contributed by atoms with Crippen LogP contribution in [-0.2, 0) is 0 Å². The van der Waals surface area contributed by atoms with Crippen molar-refractivity contribution in [3.63, 3.8) is 0 Å². The molecule has 0 aliphatic heterocycles. The van der Waals surface area contributed by atoms with Gasteiger partial charge in [-0.15, -0.1) is 0 Å². The Labute approximate surface area is 106 Å². The zero-order chi connectivity index (χ0) is 13.1. The molecule has 0 aromatic carbocycles. The Morgan fingerprint density at radius 1 is 1.33 bits per heavy atom. The molecule has 2 heterocycles. The van der Waals surface area contributed by atoms with Crippen molar-refractivity contribution in [3.05, 3.63) is 18.0 Å². The molecule has 0 bridgehead atoms. The Hall–Kier alpha value is -1.69. The summed E-state index contributed by atoms with van der Waals surface area (Å²) in [7, 11) is 0. The summed E-state index contributed by atoms with van der Waals surface area (Å²) in [5, 5.41) is 7.26. The van der Waals surface area contributed by atoms with Gasteiger partial charge in [-0.3, -0.25) is 0 Å². The fraction of sp³-hybridized carbons (Fsp3) is 0.583. The van der Waals surface area contributed by atoms with Crippen molar-refractivity contribution < 1.29 is 8.94 Å². The number of hydrogen-bond acceptors (Lipinski definition) is 6. The summed E-state index contributed by atoms with van der Waals surface area (Å²) in [5.41, 5.74) is 0.603. The van der Waals surface area contributed by atoms with Crippen molar-refractivity contribution in [2.45, 2.75) is 39.7 Å². The molecule has 0 saturated carbocycles. The molecule has 98 valence electrons. The molecule has 0 aliphatic carbocycles. The van der Waals surface area contributed by atoms with Gasteiger partial charge in [-0.1, -0.05) is 19.0 Å². The monoisotopic (exact) mass is 250 g/mol. The van der Waals surface area contributed by atoms with Crippen LogP contribution in [0.3, 0.4) is 0 Å². The highest BCUT2D eigenvalue weighted by molar-refractivity contribution is 5.45. The van der Waals surface area contributed by atoms with Gasteiger partial charge >= 0.3 is 0 Å². The standard InChI is InChI=1S/C12H18N4O2/c1-5-13-8(3)7(2)12-15-11(16-18-12)10-6-17-9(4)14-10/h6-8,13H,5H2,1-4H3. The quantitative estimate of drug-likeness (QED) is 0.876. The van der Waals surface area contributed by atoms with Gasteiger partial charge < -0.3 is 14.3 Å². The van der Waals surface area contributed by atoms with E-state index in [1.54, 1.807) is 6.92 Å². The van der Waals surface area contributed by atoms with E-state index < -0.39 is 0 Å². The number of rotatable bonds is 5. The van der Waals surface area contributed by atoms with Crippen molar-refractivity contribution in [2.24, 2.45) is 0 Å². The number of aryl methyl sites for hydroxylation is 1. The van der Waals surface area contributed by atoms with E-state index in [1.165, 1.54) is 6.26 Å². The second-order valence-corrected chi connectivity index (χ2v) is 4.34. The molecule has 18 heavy (non-hydrogen) atoms. The van der Waals surface area contributed by atoms with Gasteiger partial charge in [0.05, 0.1) is 5.92 Å². The highest BCUT2D eigenvalue weighted by atomic mass is 16.5. The molecule has 0 amide bonds. The number of oxazole rings is 1. The molecule has 2 atom stereocenters. The Bertz CT molecular complexity index is 506. The van der Waals surface area contributed by atoms with Crippen LogP contribution in [0.4, 0.5) is 0 Å². The molecule has 0 radical (unpaired) electrons. The van der Waals surface area contributed by atoms with E-state index >= 15 is 0 Å². The van der Waals surface area contributed by atoms with Gasteiger partial charge in [-0.05, 0) is 13.5 Å². The van der Waals surface area contributed by atoms with Crippen LogP contribution in [-0.4, -0.2) is 27.7 Å². The Morgan fingerprint density at radius 2 is 2.11 bits per heavy atom. The number of aromatic nitrogens is 3. The largest absolute Gasteiger partial charge is 0.449 e. The zero-order valence-electron chi connectivity index (χ0n) is 11.1. The molecule has 1 N–H and O–H groups in total. The molecule has 2 unspecified atom stereocenters. The maximum atomic E-state index is 5.27. The third-order valence-corrected chi connectivity index (χ3v) is 2.96. The average Bonchev–Trinajstić information content (AvgIpc) is 2.96. The summed E-state index contributed by atoms with van der Waals surface area (Å²) in [6.07, 6.45) is 1.53. The molecular formula is C12H18N4O2. The Kier molecular flexibility index (Phi) is 3.76. The first-order chi connectivity index (χ1) is 8.61. The smallest absolute Gasteiger partial charge is 0.231 e. The van der Waals surface area contributed by atoms with Gasteiger partial charge in [0, 0.05) is 13.0 Å². The van der Waals surface area contributed by atoms with Crippen LogP contribution < -0.4 is 5.32 Å². The van der Waals surface area contributed by atoms with Crippen molar-refractivity contribution in [3.8, 4) is 11.5 Å². The third-order valence-electron chi connectivity index (χ3n) is 2.96. The van der Waals surface area contributed by atoms with Gasteiger partial charge in [0.15, 0.2) is 5.89 Å². The van der Waals surface area contributed by atoms with Gasteiger partial charge in [-0.2, -0.15) is 4.98 Å². The van der Waals surface area contributed by atoms with E-state index in [9.17, 15) is 0 Å². The first-order valence-corrected chi connectivity index (χ1v) is 6.11. The fourth-order valence-corrected chi connectivity index (χ4v) is 1.70.